The van der Waals surface area contributed by atoms with Crippen LogP contribution in [0.3, 0.4) is 0 Å². The second-order valence-electron chi connectivity index (χ2n) is 5.75. The first-order valence-electron chi connectivity index (χ1n) is 7.45. The summed E-state index contributed by atoms with van der Waals surface area (Å²) in [6.07, 6.45) is 1.58. The van der Waals surface area contributed by atoms with E-state index in [2.05, 4.69) is 30.9 Å². The highest BCUT2D eigenvalue weighted by atomic mass is 32.1. The zero-order valence-corrected chi connectivity index (χ0v) is 13.7. The van der Waals surface area contributed by atoms with E-state index in [-0.39, 0.29) is 6.04 Å². The highest BCUT2D eigenvalue weighted by molar-refractivity contribution is 7.09. The molecule has 120 valence electrons. The van der Waals surface area contributed by atoms with Gasteiger partial charge in [0.2, 0.25) is 0 Å². The maximum Gasteiger partial charge on any atom is 0.114 e. The van der Waals surface area contributed by atoms with Gasteiger partial charge in [0.05, 0.1) is 22.6 Å². The van der Waals surface area contributed by atoms with Crippen LogP contribution in [0.1, 0.15) is 22.8 Å². The summed E-state index contributed by atoms with van der Waals surface area (Å²) in [6, 6.07) is 0.207. The molecule has 3 heterocycles. The third-order valence-electron chi connectivity index (χ3n) is 4.00. The van der Waals surface area contributed by atoms with Crippen LogP contribution in [-0.2, 0) is 20.1 Å². The molecule has 0 aliphatic carbocycles. The van der Waals surface area contributed by atoms with Gasteiger partial charge in [-0.2, -0.15) is 0 Å². The van der Waals surface area contributed by atoms with Crippen molar-refractivity contribution in [1.82, 2.24) is 30.2 Å². The Balaban J connectivity index is 1.53. The monoisotopic (exact) mass is 324 g/mol. The lowest BCUT2D eigenvalue weighted by atomic mass is 10.2. The van der Waals surface area contributed by atoms with Crippen molar-refractivity contribution < 1.29 is 4.39 Å². The molecule has 8 heteroatoms. The minimum Gasteiger partial charge on any atom is -0.310 e. The molecule has 22 heavy (non-hydrogen) atoms. The van der Waals surface area contributed by atoms with Crippen molar-refractivity contribution in [1.29, 1.82) is 0 Å². The molecule has 1 N–H and O–H groups in total. The quantitative estimate of drug-likeness (QED) is 0.867. The normalized spacial score (nSPS) is 22.5. The Morgan fingerprint density at radius 3 is 3.05 bits per heavy atom. The second kappa shape index (κ2) is 6.80. The Kier molecular flexibility index (Phi) is 4.80. The number of aromatic nitrogens is 4. The van der Waals surface area contributed by atoms with Crippen LogP contribution in [0, 0.1) is 6.92 Å². The largest absolute Gasteiger partial charge is 0.310 e. The fourth-order valence-corrected chi connectivity index (χ4v) is 3.46. The molecule has 0 saturated carbocycles. The molecule has 0 amide bonds. The van der Waals surface area contributed by atoms with Crippen LogP contribution in [0.2, 0.25) is 0 Å². The van der Waals surface area contributed by atoms with E-state index in [9.17, 15) is 4.39 Å². The molecule has 0 radical (unpaired) electrons. The van der Waals surface area contributed by atoms with Gasteiger partial charge in [0.25, 0.3) is 0 Å². The van der Waals surface area contributed by atoms with Crippen molar-refractivity contribution in [3.8, 4) is 0 Å². The van der Waals surface area contributed by atoms with Gasteiger partial charge in [0, 0.05) is 44.6 Å². The lowest BCUT2D eigenvalue weighted by molar-refractivity contribution is 0.227. The molecule has 3 rings (SSSR count). The van der Waals surface area contributed by atoms with Crippen LogP contribution >= 0.6 is 11.3 Å². The summed E-state index contributed by atoms with van der Waals surface area (Å²) in [4.78, 5) is 6.67. The summed E-state index contributed by atoms with van der Waals surface area (Å²) in [5, 5.41) is 14.3. The van der Waals surface area contributed by atoms with Crippen LogP contribution in [0.4, 0.5) is 4.39 Å². The van der Waals surface area contributed by atoms with Crippen LogP contribution in [-0.4, -0.2) is 50.2 Å². The number of hydrogen-bond donors (Lipinski definition) is 1. The third-order valence-corrected chi connectivity index (χ3v) is 4.83. The topological polar surface area (TPSA) is 58.9 Å². The van der Waals surface area contributed by atoms with E-state index in [1.165, 1.54) is 0 Å². The number of alkyl halides is 1. The summed E-state index contributed by atoms with van der Waals surface area (Å²) in [5.74, 6) is 0. The molecule has 1 aliphatic rings. The molecule has 2 aromatic rings. The Hall–Kier alpha value is -1.38. The summed E-state index contributed by atoms with van der Waals surface area (Å²) < 4.78 is 15.5. The highest BCUT2D eigenvalue weighted by Crippen LogP contribution is 2.23. The van der Waals surface area contributed by atoms with Gasteiger partial charge in [-0.15, -0.1) is 16.4 Å². The smallest absolute Gasteiger partial charge is 0.114 e. The third kappa shape index (κ3) is 3.68. The zero-order valence-electron chi connectivity index (χ0n) is 12.9. The molecule has 0 aromatic carbocycles. The average molecular weight is 324 g/mol. The van der Waals surface area contributed by atoms with E-state index >= 15 is 0 Å². The number of halogens is 1. The number of rotatable bonds is 6. The summed E-state index contributed by atoms with van der Waals surface area (Å²) in [7, 11) is 1.87. The number of thiazole rings is 1. The van der Waals surface area contributed by atoms with Gasteiger partial charge in [-0.05, 0) is 13.3 Å². The Bertz CT molecular complexity index is 612. The van der Waals surface area contributed by atoms with Crippen molar-refractivity contribution in [2.75, 3.05) is 13.1 Å². The SMILES string of the molecule is Cc1nc(CN2C[C@@H](F)C[C@H]2CNCc2cnnn2C)cs1. The first-order valence-corrected chi connectivity index (χ1v) is 8.33. The minimum atomic E-state index is -0.745. The van der Waals surface area contributed by atoms with Crippen LogP contribution in [0.15, 0.2) is 11.6 Å². The molecule has 2 atom stereocenters. The molecular formula is C14H21FN6S. The number of aryl methyl sites for hydroxylation is 2. The molecule has 2 aromatic heterocycles. The van der Waals surface area contributed by atoms with Crippen molar-refractivity contribution in [2.24, 2.45) is 7.05 Å². The van der Waals surface area contributed by atoms with Crippen LogP contribution in [0.5, 0.6) is 0 Å². The molecule has 1 fully saturated rings. The Morgan fingerprint density at radius 1 is 1.50 bits per heavy atom. The van der Waals surface area contributed by atoms with Gasteiger partial charge in [0.15, 0.2) is 0 Å². The van der Waals surface area contributed by atoms with Crippen molar-refractivity contribution in [3.05, 3.63) is 28.0 Å². The molecule has 0 bridgehead atoms. The molecule has 0 unspecified atom stereocenters. The molecule has 1 saturated heterocycles. The summed E-state index contributed by atoms with van der Waals surface area (Å²) >= 11 is 1.64. The summed E-state index contributed by atoms with van der Waals surface area (Å²) in [6.45, 7) is 4.67. The fraction of sp³-hybridized carbons (Fsp3) is 0.643. The number of nitrogens with zero attached hydrogens (tertiary/aromatic N) is 5. The fourth-order valence-electron chi connectivity index (χ4n) is 2.86. The van der Waals surface area contributed by atoms with E-state index < -0.39 is 6.17 Å². The van der Waals surface area contributed by atoms with E-state index in [4.69, 9.17) is 0 Å². The van der Waals surface area contributed by atoms with E-state index in [0.29, 0.717) is 19.5 Å². The van der Waals surface area contributed by atoms with E-state index in [1.54, 1.807) is 22.2 Å². The number of nitrogens with one attached hydrogen (secondary N) is 1. The zero-order chi connectivity index (χ0) is 15.5. The summed E-state index contributed by atoms with van der Waals surface area (Å²) in [5.41, 5.74) is 2.06. The second-order valence-corrected chi connectivity index (χ2v) is 6.82. The van der Waals surface area contributed by atoms with Gasteiger partial charge in [0.1, 0.15) is 6.17 Å². The maximum atomic E-state index is 13.8. The van der Waals surface area contributed by atoms with Crippen LogP contribution < -0.4 is 5.32 Å². The first-order chi connectivity index (χ1) is 10.6. The molecule has 0 spiro atoms. The average Bonchev–Trinajstić information content (AvgIpc) is 3.14. The number of hydrogen-bond acceptors (Lipinski definition) is 6. The standard InChI is InChI=1S/C14H21FN6S/c1-10-18-12(9-22-10)8-21-7-11(15)3-13(21)4-16-5-14-6-17-19-20(14)2/h6,9,11,13,16H,3-5,7-8H2,1-2H3/t11-,13-/m0/s1. The lowest BCUT2D eigenvalue weighted by Crippen LogP contribution is -2.37. The van der Waals surface area contributed by atoms with Crippen molar-refractivity contribution >= 4 is 11.3 Å². The van der Waals surface area contributed by atoms with Gasteiger partial charge in [-0.25, -0.2) is 9.37 Å². The van der Waals surface area contributed by atoms with Gasteiger partial charge < -0.3 is 5.32 Å². The van der Waals surface area contributed by atoms with Crippen molar-refractivity contribution in [2.45, 2.75) is 38.6 Å². The predicted molar refractivity (Wildman–Crippen MR) is 83.3 cm³/mol. The Morgan fingerprint density at radius 2 is 2.36 bits per heavy atom. The van der Waals surface area contributed by atoms with Crippen LogP contribution in [0.25, 0.3) is 0 Å². The maximum absolute atomic E-state index is 13.8. The Labute approximate surface area is 133 Å². The van der Waals surface area contributed by atoms with Crippen molar-refractivity contribution in [3.63, 3.8) is 0 Å². The minimum absolute atomic E-state index is 0.207. The molecule has 6 nitrogen and oxygen atoms in total. The first kappa shape index (κ1) is 15.5. The predicted octanol–water partition coefficient (Wildman–Crippen LogP) is 1.28. The van der Waals surface area contributed by atoms with Gasteiger partial charge >= 0.3 is 0 Å². The number of likely N-dealkylation sites (tertiary alicyclic amines) is 1. The van der Waals surface area contributed by atoms with E-state index in [1.807, 2.05) is 14.0 Å². The highest BCUT2D eigenvalue weighted by Gasteiger charge is 2.32. The molecular weight excluding hydrogens is 303 g/mol. The lowest BCUT2D eigenvalue weighted by Gasteiger charge is -2.23. The van der Waals surface area contributed by atoms with E-state index in [0.717, 1.165) is 29.5 Å². The van der Waals surface area contributed by atoms with Gasteiger partial charge in [-0.1, -0.05) is 5.21 Å². The molecule has 1 aliphatic heterocycles. The van der Waals surface area contributed by atoms with Gasteiger partial charge in [-0.3, -0.25) is 9.58 Å².